The van der Waals surface area contributed by atoms with Gasteiger partial charge in [0.05, 0.1) is 0 Å². The Morgan fingerprint density at radius 1 is 0.875 bits per heavy atom. The van der Waals surface area contributed by atoms with Gasteiger partial charge in [-0.1, -0.05) is 69.6 Å². The van der Waals surface area contributed by atoms with Crippen molar-refractivity contribution in [3.05, 3.63) is 33.3 Å². The van der Waals surface area contributed by atoms with Crippen molar-refractivity contribution in [2.45, 2.75) is 59.3 Å². The Bertz CT molecular complexity index is 389. The lowest BCUT2D eigenvalue weighted by Gasteiger charge is -2.27. The maximum atomic E-state index is 3.72. The van der Waals surface area contributed by atoms with Crippen LogP contribution in [0.15, 0.2) is 16.6 Å². The minimum Gasteiger partial charge on any atom is -0.0561 e. The Morgan fingerprint density at radius 3 is 1.75 bits per heavy atom. The molecule has 0 heterocycles. The number of rotatable bonds is 0. The predicted octanol–water partition coefficient (Wildman–Crippen LogP) is 5.35. The first-order valence-corrected chi connectivity index (χ1v) is 6.64. The summed E-state index contributed by atoms with van der Waals surface area (Å²) in [6.45, 7) is 15.8. The molecule has 0 saturated carbocycles. The Balaban J connectivity index is 3.46. The molecule has 0 bridgehead atoms. The summed E-state index contributed by atoms with van der Waals surface area (Å²) < 4.78 is 1.26. The van der Waals surface area contributed by atoms with Crippen LogP contribution in [0.1, 0.15) is 58.2 Å². The molecular weight excluding hydrogens is 260 g/mol. The van der Waals surface area contributed by atoms with E-state index in [1.54, 1.807) is 0 Å². The van der Waals surface area contributed by atoms with E-state index in [4.69, 9.17) is 0 Å². The molecule has 1 aromatic rings. The molecule has 0 amide bonds. The second-order valence-corrected chi connectivity index (χ2v) is 7.45. The van der Waals surface area contributed by atoms with Crippen LogP contribution in [0.4, 0.5) is 0 Å². The molecule has 0 spiro atoms. The van der Waals surface area contributed by atoms with Gasteiger partial charge in [-0.3, -0.25) is 0 Å². The van der Waals surface area contributed by atoms with Crippen LogP contribution >= 0.6 is 15.9 Å². The minimum atomic E-state index is 0.185. The normalized spacial score (nSPS) is 13.0. The summed E-state index contributed by atoms with van der Waals surface area (Å²) in [7, 11) is 0. The molecule has 16 heavy (non-hydrogen) atoms. The number of benzene rings is 1. The molecule has 1 heteroatoms. The first-order valence-electron chi connectivity index (χ1n) is 5.84. The van der Waals surface area contributed by atoms with Crippen LogP contribution < -0.4 is 0 Å². The lowest BCUT2D eigenvalue weighted by atomic mass is 9.80. The van der Waals surface area contributed by atoms with E-state index < -0.39 is 0 Å². The Labute approximate surface area is 109 Å². The van der Waals surface area contributed by atoms with Crippen LogP contribution in [0.25, 0.3) is 0 Å². The lowest BCUT2D eigenvalue weighted by Crippen LogP contribution is -2.17. The fraction of sp³-hybridized carbons (Fsp3) is 0.600. The number of hydrogen-bond acceptors (Lipinski definition) is 0. The van der Waals surface area contributed by atoms with Crippen LogP contribution in [0.5, 0.6) is 0 Å². The fourth-order valence-corrected chi connectivity index (χ4v) is 2.57. The van der Waals surface area contributed by atoms with E-state index in [0.717, 1.165) is 0 Å². The molecule has 0 aromatic heterocycles. The summed E-state index contributed by atoms with van der Waals surface area (Å²) in [5, 5.41) is 0. The maximum absolute atomic E-state index is 3.72. The maximum Gasteiger partial charge on any atom is 0.0242 e. The highest BCUT2D eigenvalue weighted by molar-refractivity contribution is 9.10. The standard InChI is InChI=1S/C15H23Br/c1-10-8-11(14(2,3)4)9-12(13(10)16)15(5,6)7/h8-9H,1-7H3. The Hall–Kier alpha value is -0.300. The second-order valence-electron chi connectivity index (χ2n) is 6.65. The summed E-state index contributed by atoms with van der Waals surface area (Å²) in [5.41, 5.74) is 4.55. The number of halogens is 1. The molecule has 0 aliphatic heterocycles. The summed E-state index contributed by atoms with van der Waals surface area (Å²) in [4.78, 5) is 0. The fourth-order valence-electron chi connectivity index (χ4n) is 1.75. The van der Waals surface area contributed by atoms with Gasteiger partial charge in [0.25, 0.3) is 0 Å². The molecule has 1 rings (SSSR count). The van der Waals surface area contributed by atoms with Gasteiger partial charge in [-0.05, 0) is 34.4 Å². The van der Waals surface area contributed by atoms with Gasteiger partial charge in [0, 0.05) is 4.47 Å². The molecule has 0 fully saturated rings. The van der Waals surface area contributed by atoms with Crippen molar-refractivity contribution >= 4 is 15.9 Å². The lowest BCUT2D eigenvalue weighted by molar-refractivity contribution is 0.565. The van der Waals surface area contributed by atoms with E-state index in [0.29, 0.717) is 0 Å². The molecule has 0 atom stereocenters. The molecule has 0 N–H and O–H groups in total. The average molecular weight is 283 g/mol. The zero-order valence-corrected chi connectivity index (χ0v) is 13.1. The molecule has 90 valence electrons. The summed E-state index contributed by atoms with van der Waals surface area (Å²) in [6, 6.07) is 4.64. The van der Waals surface area contributed by atoms with Crippen molar-refractivity contribution in [3.8, 4) is 0 Å². The highest BCUT2D eigenvalue weighted by Gasteiger charge is 2.22. The average Bonchev–Trinajstić information content (AvgIpc) is 2.05. The zero-order valence-electron chi connectivity index (χ0n) is 11.5. The van der Waals surface area contributed by atoms with Crippen molar-refractivity contribution in [1.82, 2.24) is 0 Å². The summed E-state index contributed by atoms with van der Waals surface area (Å²) in [6.07, 6.45) is 0. The van der Waals surface area contributed by atoms with E-state index in [9.17, 15) is 0 Å². The molecule has 1 aromatic carbocycles. The van der Waals surface area contributed by atoms with E-state index in [2.05, 4.69) is 76.5 Å². The molecule has 0 radical (unpaired) electrons. The topological polar surface area (TPSA) is 0 Å². The zero-order chi connectivity index (χ0) is 12.7. The smallest absolute Gasteiger partial charge is 0.0242 e. The van der Waals surface area contributed by atoms with E-state index in [1.807, 2.05) is 0 Å². The van der Waals surface area contributed by atoms with Gasteiger partial charge in [0.15, 0.2) is 0 Å². The monoisotopic (exact) mass is 282 g/mol. The Morgan fingerprint density at radius 2 is 1.38 bits per heavy atom. The quantitative estimate of drug-likeness (QED) is 0.602. The SMILES string of the molecule is Cc1cc(C(C)(C)C)cc(C(C)(C)C)c1Br. The van der Waals surface area contributed by atoms with E-state index >= 15 is 0 Å². The van der Waals surface area contributed by atoms with Crippen LogP contribution in [0.3, 0.4) is 0 Å². The van der Waals surface area contributed by atoms with Crippen molar-refractivity contribution in [1.29, 1.82) is 0 Å². The minimum absolute atomic E-state index is 0.185. The van der Waals surface area contributed by atoms with Gasteiger partial charge in [-0.15, -0.1) is 0 Å². The third-order valence-corrected chi connectivity index (χ3v) is 3.98. The first kappa shape index (κ1) is 13.8. The van der Waals surface area contributed by atoms with Gasteiger partial charge in [0.1, 0.15) is 0 Å². The summed E-state index contributed by atoms with van der Waals surface area (Å²) in [5.74, 6) is 0. The molecule has 0 saturated heterocycles. The Kier molecular flexibility index (Phi) is 3.59. The third kappa shape index (κ3) is 2.88. The number of hydrogen-bond donors (Lipinski definition) is 0. The van der Waals surface area contributed by atoms with Crippen molar-refractivity contribution in [3.63, 3.8) is 0 Å². The third-order valence-electron chi connectivity index (χ3n) is 2.93. The van der Waals surface area contributed by atoms with E-state index in [1.165, 1.54) is 21.2 Å². The second kappa shape index (κ2) is 4.18. The predicted molar refractivity (Wildman–Crippen MR) is 76.3 cm³/mol. The highest BCUT2D eigenvalue weighted by Crippen LogP contribution is 2.36. The van der Waals surface area contributed by atoms with Gasteiger partial charge in [-0.2, -0.15) is 0 Å². The van der Waals surface area contributed by atoms with Crippen molar-refractivity contribution in [2.75, 3.05) is 0 Å². The van der Waals surface area contributed by atoms with Gasteiger partial charge in [-0.25, -0.2) is 0 Å². The van der Waals surface area contributed by atoms with Gasteiger partial charge < -0.3 is 0 Å². The van der Waals surface area contributed by atoms with E-state index in [-0.39, 0.29) is 10.8 Å². The van der Waals surface area contributed by atoms with Crippen LogP contribution in [0.2, 0.25) is 0 Å². The first-order chi connectivity index (χ1) is 7.03. The molecule has 0 unspecified atom stereocenters. The molecular formula is C15H23Br. The van der Waals surface area contributed by atoms with Gasteiger partial charge >= 0.3 is 0 Å². The van der Waals surface area contributed by atoms with Gasteiger partial charge in [0.2, 0.25) is 0 Å². The summed E-state index contributed by atoms with van der Waals surface area (Å²) >= 11 is 3.72. The highest BCUT2D eigenvalue weighted by atomic mass is 79.9. The van der Waals surface area contributed by atoms with Crippen LogP contribution in [-0.2, 0) is 10.8 Å². The van der Waals surface area contributed by atoms with Crippen molar-refractivity contribution < 1.29 is 0 Å². The van der Waals surface area contributed by atoms with Crippen LogP contribution in [-0.4, -0.2) is 0 Å². The number of aryl methyl sites for hydroxylation is 1. The van der Waals surface area contributed by atoms with Crippen LogP contribution in [0, 0.1) is 6.92 Å². The molecule has 0 aliphatic carbocycles. The molecule has 0 nitrogen and oxygen atoms in total. The van der Waals surface area contributed by atoms with Crippen molar-refractivity contribution in [2.24, 2.45) is 0 Å². The molecule has 0 aliphatic rings. The largest absolute Gasteiger partial charge is 0.0561 e.